The van der Waals surface area contributed by atoms with Crippen LogP contribution in [0.4, 0.5) is 0 Å². The molecule has 494 valence electrons. The first-order chi connectivity index (χ1) is 41.4. The number of carbonyl (C=O) groups excluding carboxylic acids is 11. The van der Waals surface area contributed by atoms with E-state index in [0.717, 1.165) is 0 Å². The molecule has 30 nitrogen and oxygen atoms in total. The molecule has 0 aliphatic carbocycles. The van der Waals surface area contributed by atoms with Crippen molar-refractivity contribution in [2.75, 3.05) is 19.7 Å². The number of carboxylic acids is 1. The van der Waals surface area contributed by atoms with Crippen molar-refractivity contribution in [3.05, 3.63) is 36.0 Å². The Labute approximate surface area is 513 Å². The average Bonchev–Trinajstić information content (AvgIpc) is 2.03. The fraction of sp³-hybridized carbons (Fsp3) is 0.655. The molecule has 2 rings (SSSR count). The van der Waals surface area contributed by atoms with Crippen LogP contribution in [0.25, 0.3) is 10.9 Å². The molecular weight excluding hydrogens is 1150 g/mol. The summed E-state index contributed by atoms with van der Waals surface area (Å²) in [6.07, 6.45) is -0.0888. The van der Waals surface area contributed by atoms with Crippen molar-refractivity contribution < 1.29 is 72.9 Å². The van der Waals surface area contributed by atoms with E-state index in [-0.39, 0.29) is 62.8 Å². The normalized spacial score (nSPS) is 15.2. The molecule has 11 atom stereocenters. The molecule has 88 heavy (non-hydrogen) atoms. The largest absolute Gasteiger partial charge is 0.480 e. The predicted octanol–water partition coefficient (Wildman–Crippen LogP) is -3.21. The lowest BCUT2D eigenvalue weighted by atomic mass is 9.98. The summed E-state index contributed by atoms with van der Waals surface area (Å²) in [5, 5.41) is 54.1. The number of aromatic nitrogens is 1. The second-order valence-corrected chi connectivity index (χ2v) is 23.4. The van der Waals surface area contributed by atoms with Gasteiger partial charge in [0.05, 0.1) is 12.7 Å². The number of primary amides is 2. The number of carboxylic acid groups (broad SMARTS) is 1. The number of aliphatic carboxylic acids is 1. The van der Waals surface area contributed by atoms with Crippen molar-refractivity contribution >= 4 is 81.9 Å². The molecule has 0 aliphatic rings. The fourth-order valence-corrected chi connectivity index (χ4v) is 9.38. The first-order valence-corrected chi connectivity index (χ1v) is 29.9. The summed E-state index contributed by atoms with van der Waals surface area (Å²) in [5.74, 6) is -12.0. The van der Waals surface area contributed by atoms with Crippen molar-refractivity contribution in [2.45, 2.75) is 205 Å². The van der Waals surface area contributed by atoms with Crippen LogP contribution >= 0.6 is 0 Å². The molecule has 23 N–H and O–H groups in total. The van der Waals surface area contributed by atoms with E-state index in [1.165, 1.54) is 6.92 Å². The van der Waals surface area contributed by atoms with Gasteiger partial charge in [-0.15, -0.1) is 0 Å². The number of carbonyl (C=O) groups is 12. The number of aliphatic hydroxyl groups excluding tert-OH is 2. The second-order valence-electron chi connectivity index (χ2n) is 23.4. The Kier molecular flexibility index (Phi) is 34.0. The van der Waals surface area contributed by atoms with E-state index in [9.17, 15) is 72.9 Å². The molecule has 1 aromatic heterocycles. The minimum atomic E-state index is -1.74. The van der Waals surface area contributed by atoms with Gasteiger partial charge in [-0.05, 0) is 120 Å². The Bertz CT molecular complexity index is 2650. The molecule has 1 heterocycles. The standard InChI is InChI=1S/C58H97N15O15/c1-30(2)24-42(69-50(79)38(16-10-12-22-59)65-49(78)36(61)29-74)53(82)66-39(17-11-13-23-60)52(81)73-48(33(7)75)57(86)72-44(26-32(5)6)55(84)70-43(25-31(3)4)54(83)71-45(27-34-28-64-37-15-9-8-14-35(34)37)56(85)67-40(18-20-46(62)76)51(80)68-41(58(87)88)19-21-47(63)77/h8-9,14-15,28,30-33,36,38-45,48,64,74-75H,10-13,16-27,29,59-61H2,1-7H3,(H2,62,76)(H2,63,77)(H,65,78)(H,66,82)(H,67,85)(H,68,80)(H,69,79)(H,70,84)(H,71,83)(H,72,86)(H,73,81)(H,87,88)/t33-,36+,38+,39+,40+,41+,42+,43+,44+,45+,48+/m1/s1. The van der Waals surface area contributed by atoms with E-state index < -0.39 is 170 Å². The number of rotatable bonds is 43. The van der Waals surface area contributed by atoms with Crippen LogP contribution in [0.5, 0.6) is 0 Å². The van der Waals surface area contributed by atoms with Gasteiger partial charge in [-0.1, -0.05) is 59.7 Å². The van der Waals surface area contributed by atoms with E-state index in [1.54, 1.807) is 72.0 Å². The first-order valence-electron chi connectivity index (χ1n) is 29.9. The molecule has 2 aromatic rings. The molecule has 0 saturated heterocycles. The summed E-state index contributed by atoms with van der Waals surface area (Å²) in [5.41, 5.74) is 28.9. The molecule has 30 heteroatoms. The molecule has 0 aliphatic heterocycles. The molecule has 0 fully saturated rings. The fourth-order valence-electron chi connectivity index (χ4n) is 9.38. The highest BCUT2D eigenvalue weighted by Crippen LogP contribution is 2.20. The van der Waals surface area contributed by atoms with Crippen LogP contribution in [0, 0.1) is 17.8 Å². The second kappa shape index (κ2) is 39.2. The van der Waals surface area contributed by atoms with Crippen LogP contribution in [0.1, 0.15) is 138 Å². The van der Waals surface area contributed by atoms with Gasteiger partial charge in [0.25, 0.3) is 0 Å². The Balaban J connectivity index is 2.52. The Morgan fingerprint density at radius 3 is 1.26 bits per heavy atom. The predicted molar refractivity (Wildman–Crippen MR) is 325 cm³/mol. The molecule has 0 saturated carbocycles. The van der Waals surface area contributed by atoms with Crippen LogP contribution < -0.4 is 76.5 Å². The third-order valence-electron chi connectivity index (χ3n) is 14.1. The van der Waals surface area contributed by atoms with Crippen molar-refractivity contribution in [3.63, 3.8) is 0 Å². The zero-order valence-corrected chi connectivity index (χ0v) is 51.6. The third kappa shape index (κ3) is 27.5. The number of amides is 11. The summed E-state index contributed by atoms with van der Waals surface area (Å²) >= 11 is 0. The van der Waals surface area contributed by atoms with Crippen molar-refractivity contribution in [2.24, 2.45) is 46.4 Å². The number of aromatic amines is 1. The number of fused-ring (bicyclic) bond motifs is 1. The number of nitrogens with one attached hydrogen (secondary N) is 10. The molecule has 11 amide bonds. The number of aliphatic hydroxyl groups is 2. The van der Waals surface area contributed by atoms with Gasteiger partial charge >= 0.3 is 5.97 Å². The summed E-state index contributed by atoms with van der Waals surface area (Å²) in [6, 6.07) is -7.34. The molecular formula is C58H97N15O15. The summed E-state index contributed by atoms with van der Waals surface area (Å²) in [7, 11) is 0. The zero-order chi connectivity index (χ0) is 66.4. The number of benzene rings is 1. The van der Waals surface area contributed by atoms with Gasteiger partial charge in [0.1, 0.15) is 60.4 Å². The number of nitrogens with two attached hydrogens (primary N) is 5. The van der Waals surface area contributed by atoms with Crippen LogP contribution in [0.3, 0.4) is 0 Å². The summed E-state index contributed by atoms with van der Waals surface area (Å²) in [6.45, 7) is 11.7. The number of unbranched alkanes of at least 4 members (excludes halogenated alkanes) is 2. The van der Waals surface area contributed by atoms with Gasteiger partial charge in [-0.25, -0.2) is 4.79 Å². The zero-order valence-electron chi connectivity index (χ0n) is 51.6. The lowest BCUT2D eigenvalue weighted by Crippen LogP contribution is -2.62. The van der Waals surface area contributed by atoms with Crippen molar-refractivity contribution in [1.82, 2.24) is 52.8 Å². The van der Waals surface area contributed by atoms with E-state index in [0.29, 0.717) is 48.7 Å². The molecule has 0 radical (unpaired) electrons. The highest BCUT2D eigenvalue weighted by molar-refractivity contribution is 5.99. The topological polar surface area (TPSA) is 520 Å². The third-order valence-corrected chi connectivity index (χ3v) is 14.1. The summed E-state index contributed by atoms with van der Waals surface area (Å²) in [4.78, 5) is 165. The van der Waals surface area contributed by atoms with Crippen molar-refractivity contribution in [1.29, 1.82) is 0 Å². The minimum absolute atomic E-state index is 0.0117. The average molecular weight is 1240 g/mol. The number of para-hydroxylation sites is 1. The number of H-pyrrole nitrogens is 1. The van der Waals surface area contributed by atoms with Gasteiger partial charge in [0.2, 0.25) is 65.0 Å². The summed E-state index contributed by atoms with van der Waals surface area (Å²) < 4.78 is 0. The van der Waals surface area contributed by atoms with Gasteiger partial charge in [0.15, 0.2) is 0 Å². The smallest absolute Gasteiger partial charge is 0.326 e. The van der Waals surface area contributed by atoms with E-state index in [4.69, 9.17) is 28.7 Å². The Morgan fingerprint density at radius 1 is 0.477 bits per heavy atom. The monoisotopic (exact) mass is 1240 g/mol. The highest BCUT2D eigenvalue weighted by atomic mass is 16.4. The van der Waals surface area contributed by atoms with Crippen LogP contribution in [-0.2, 0) is 64.0 Å². The first kappa shape index (κ1) is 76.3. The van der Waals surface area contributed by atoms with E-state index >= 15 is 0 Å². The van der Waals surface area contributed by atoms with Crippen LogP contribution in [0.15, 0.2) is 30.5 Å². The maximum atomic E-state index is 14.6. The van der Waals surface area contributed by atoms with Crippen LogP contribution in [0.2, 0.25) is 0 Å². The molecule has 1 aromatic carbocycles. The number of hydrogen-bond acceptors (Lipinski definition) is 17. The van der Waals surface area contributed by atoms with E-state index in [2.05, 4.69) is 52.8 Å². The van der Waals surface area contributed by atoms with Gasteiger partial charge in [-0.2, -0.15) is 0 Å². The number of hydrogen-bond donors (Lipinski definition) is 18. The lowest BCUT2D eigenvalue weighted by Gasteiger charge is -2.30. The molecule has 0 unspecified atom stereocenters. The maximum Gasteiger partial charge on any atom is 0.326 e. The Hall–Kier alpha value is -7.80. The highest BCUT2D eigenvalue weighted by Gasteiger charge is 2.37. The van der Waals surface area contributed by atoms with Gasteiger partial charge in [-0.3, -0.25) is 52.7 Å². The van der Waals surface area contributed by atoms with Gasteiger partial charge in [0, 0.05) is 36.4 Å². The quantitative estimate of drug-likeness (QED) is 0.0291. The van der Waals surface area contributed by atoms with Crippen LogP contribution in [-0.4, -0.2) is 177 Å². The lowest BCUT2D eigenvalue weighted by molar-refractivity contribution is -0.143. The minimum Gasteiger partial charge on any atom is -0.480 e. The maximum absolute atomic E-state index is 14.6. The van der Waals surface area contributed by atoms with E-state index in [1.807, 2.05) is 0 Å². The van der Waals surface area contributed by atoms with Gasteiger partial charge < -0.3 is 96.8 Å². The van der Waals surface area contributed by atoms with Crippen molar-refractivity contribution in [3.8, 4) is 0 Å². The Morgan fingerprint density at radius 2 is 0.841 bits per heavy atom. The molecule has 0 bridgehead atoms. The molecule has 0 spiro atoms. The SMILES string of the molecule is CC(C)C[C@H](NC(=O)[C@H](CC(C)C)NC(=O)[C@@H](NC(=O)[C@H](CCCCN)NC(=O)[C@H](CC(C)C)NC(=O)[C@H](CCCCN)NC(=O)[C@@H](N)CO)[C@@H](C)O)C(=O)N[C@@H](Cc1c[nH]c2ccccc12)C(=O)N[C@@H](CCC(N)=O)C(=O)N[C@@H](CCC(N)=O)C(=O)O.